The second kappa shape index (κ2) is 10.8. The number of hydrogen-bond donors (Lipinski definition) is 1. The van der Waals surface area contributed by atoms with Crippen LogP contribution in [0.25, 0.3) is 10.9 Å². The number of tetrazole rings is 1. The van der Waals surface area contributed by atoms with Gasteiger partial charge in [0.15, 0.2) is 5.82 Å². The number of hydrogen-bond acceptors (Lipinski definition) is 6. The zero-order valence-electron chi connectivity index (χ0n) is 21.5. The summed E-state index contributed by atoms with van der Waals surface area (Å²) in [6.45, 7) is 7.39. The zero-order valence-corrected chi connectivity index (χ0v) is 21.5. The number of fused-ring (bicyclic) bond motifs is 1. The Bertz CT molecular complexity index is 1350. The summed E-state index contributed by atoms with van der Waals surface area (Å²) in [5.41, 5.74) is 3.93. The predicted molar refractivity (Wildman–Crippen MR) is 140 cm³/mol. The SMILES string of the molecule is CCCC(c1nnnn1C1CCCCC1)N(Cc1ccco1)Cc1cc2cc(C)c(C)cc2[nH]c1=O. The van der Waals surface area contributed by atoms with Gasteiger partial charge in [0.05, 0.1) is 24.9 Å². The van der Waals surface area contributed by atoms with Gasteiger partial charge in [-0.3, -0.25) is 9.69 Å². The number of aryl methyl sites for hydroxylation is 2. The molecule has 1 aliphatic carbocycles. The van der Waals surface area contributed by atoms with Crippen LogP contribution in [0.15, 0.2) is 45.8 Å². The molecule has 1 unspecified atom stereocenters. The van der Waals surface area contributed by atoms with Crippen LogP contribution in [0, 0.1) is 13.8 Å². The Hall–Kier alpha value is -3.26. The Balaban J connectivity index is 1.53. The second-order valence-corrected chi connectivity index (χ2v) is 10.2. The smallest absolute Gasteiger partial charge is 0.252 e. The van der Waals surface area contributed by atoms with E-state index in [1.54, 1.807) is 6.26 Å². The molecule has 5 rings (SSSR count). The molecular formula is C28H36N6O2. The van der Waals surface area contributed by atoms with Crippen LogP contribution in [0.3, 0.4) is 0 Å². The van der Waals surface area contributed by atoms with E-state index in [9.17, 15) is 4.79 Å². The number of H-pyrrole nitrogens is 1. The molecule has 190 valence electrons. The molecule has 0 spiro atoms. The Morgan fingerprint density at radius 1 is 1.14 bits per heavy atom. The first-order valence-corrected chi connectivity index (χ1v) is 13.2. The van der Waals surface area contributed by atoms with E-state index in [2.05, 4.69) is 63.0 Å². The highest BCUT2D eigenvalue weighted by atomic mass is 16.3. The molecular weight excluding hydrogens is 452 g/mol. The summed E-state index contributed by atoms with van der Waals surface area (Å²) in [7, 11) is 0. The highest BCUT2D eigenvalue weighted by Gasteiger charge is 2.30. The van der Waals surface area contributed by atoms with Gasteiger partial charge in [-0.1, -0.05) is 32.6 Å². The first-order chi connectivity index (χ1) is 17.5. The van der Waals surface area contributed by atoms with E-state index in [1.807, 2.05) is 18.2 Å². The summed E-state index contributed by atoms with van der Waals surface area (Å²) >= 11 is 0. The van der Waals surface area contributed by atoms with Crippen LogP contribution in [0.5, 0.6) is 0 Å². The fourth-order valence-corrected chi connectivity index (χ4v) is 5.49. The van der Waals surface area contributed by atoms with Crippen LogP contribution in [0.2, 0.25) is 0 Å². The number of aromatic amines is 1. The predicted octanol–water partition coefficient (Wildman–Crippen LogP) is 5.77. The highest BCUT2D eigenvalue weighted by molar-refractivity contribution is 5.80. The van der Waals surface area contributed by atoms with Gasteiger partial charge in [0, 0.05) is 17.6 Å². The van der Waals surface area contributed by atoms with Crippen molar-refractivity contribution in [3.8, 4) is 0 Å². The summed E-state index contributed by atoms with van der Waals surface area (Å²) in [6.07, 6.45) is 9.48. The number of nitrogens with zero attached hydrogens (tertiary/aromatic N) is 5. The van der Waals surface area contributed by atoms with Gasteiger partial charge >= 0.3 is 0 Å². The number of benzene rings is 1. The lowest BCUT2D eigenvalue weighted by molar-refractivity contribution is 0.139. The quantitative estimate of drug-likeness (QED) is 0.321. The number of furan rings is 1. The van der Waals surface area contributed by atoms with Crippen molar-refractivity contribution in [3.05, 3.63) is 75.2 Å². The molecule has 3 aromatic heterocycles. The molecule has 0 amide bonds. The first-order valence-electron chi connectivity index (χ1n) is 13.2. The van der Waals surface area contributed by atoms with E-state index in [4.69, 9.17) is 4.42 Å². The third-order valence-corrected chi connectivity index (χ3v) is 7.59. The number of pyridine rings is 1. The topological polar surface area (TPSA) is 92.8 Å². The van der Waals surface area contributed by atoms with Crippen molar-refractivity contribution in [3.63, 3.8) is 0 Å². The standard InChI is InChI=1S/C28H36N6O2/c1-4-9-26(27-30-31-32-34(27)23-10-6-5-7-11-23)33(18-24-12-8-13-36-24)17-22-16-21-14-19(2)20(3)15-25(21)29-28(22)35/h8,12-16,23,26H,4-7,9-11,17-18H2,1-3H3,(H,29,35). The molecule has 0 saturated heterocycles. The highest BCUT2D eigenvalue weighted by Crippen LogP contribution is 2.33. The van der Waals surface area contributed by atoms with Crippen molar-refractivity contribution in [1.29, 1.82) is 0 Å². The van der Waals surface area contributed by atoms with Crippen molar-refractivity contribution < 1.29 is 4.42 Å². The lowest BCUT2D eigenvalue weighted by Gasteiger charge is -2.32. The molecule has 1 aromatic carbocycles. The van der Waals surface area contributed by atoms with Gasteiger partial charge in [-0.25, -0.2) is 4.68 Å². The maximum atomic E-state index is 13.2. The minimum Gasteiger partial charge on any atom is -0.468 e. The van der Waals surface area contributed by atoms with Crippen molar-refractivity contribution in [1.82, 2.24) is 30.1 Å². The summed E-state index contributed by atoms with van der Waals surface area (Å²) in [6, 6.07) is 10.4. The Morgan fingerprint density at radius 2 is 1.94 bits per heavy atom. The third kappa shape index (κ3) is 5.14. The second-order valence-electron chi connectivity index (χ2n) is 10.2. The molecule has 8 heteroatoms. The molecule has 1 saturated carbocycles. The molecule has 0 aliphatic heterocycles. The molecule has 36 heavy (non-hydrogen) atoms. The van der Waals surface area contributed by atoms with Crippen LogP contribution >= 0.6 is 0 Å². The van der Waals surface area contributed by atoms with Crippen molar-refractivity contribution in [2.75, 3.05) is 0 Å². The fourth-order valence-electron chi connectivity index (χ4n) is 5.49. The molecule has 1 fully saturated rings. The van der Waals surface area contributed by atoms with Gasteiger partial charge in [-0.2, -0.15) is 0 Å². The Morgan fingerprint density at radius 3 is 2.69 bits per heavy atom. The maximum absolute atomic E-state index is 13.2. The largest absolute Gasteiger partial charge is 0.468 e. The van der Waals surface area contributed by atoms with E-state index in [0.29, 0.717) is 19.1 Å². The van der Waals surface area contributed by atoms with E-state index in [0.717, 1.165) is 53.7 Å². The van der Waals surface area contributed by atoms with Crippen molar-refractivity contribution in [2.24, 2.45) is 0 Å². The van der Waals surface area contributed by atoms with Crippen LogP contribution in [0.4, 0.5) is 0 Å². The first kappa shape index (κ1) is 24.4. The lowest BCUT2D eigenvalue weighted by Crippen LogP contribution is -2.33. The van der Waals surface area contributed by atoms with E-state index >= 15 is 0 Å². The van der Waals surface area contributed by atoms with E-state index in [-0.39, 0.29) is 11.6 Å². The third-order valence-electron chi connectivity index (χ3n) is 7.59. The van der Waals surface area contributed by atoms with Crippen molar-refractivity contribution >= 4 is 10.9 Å². The normalized spacial score (nSPS) is 15.7. The summed E-state index contributed by atoms with van der Waals surface area (Å²) in [5, 5.41) is 14.1. The van der Waals surface area contributed by atoms with Crippen LogP contribution < -0.4 is 5.56 Å². The van der Waals surface area contributed by atoms with Crippen LogP contribution in [-0.4, -0.2) is 30.1 Å². The lowest BCUT2D eigenvalue weighted by atomic mass is 9.95. The number of nitrogens with one attached hydrogen (secondary N) is 1. The Kier molecular flexibility index (Phi) is 7.32. The van der Waals surface area contributed by atoms with Gasteiger partial charge in [-0.05, 0) is 90.4 Å². The number of rotatable bonds is 9. The number of aromatic nitrogens is 5. The van der Waals surface area contributed by atoms with Gasteiger partial charge in [-0.15, -0.1) is 5.10 Å². The molecule has 1 aliphatic rings. The van der Waals surface area contributed by atoms with E-state index in [1.165, 1.54) is 30.4 Å². The summed E-state index contributed by atoms with van der Waals surface area (Å²) < 4.78 is 7.80. The van der Waals surface area contributed by atoms with Crippen LogP contribution in [-0.2, 0) is 13.1 Å². The fraction of sp³-hybridized carbons (Fsp3) is 0.500. The maximum Gasteiger partial charge on any atom is 0.252 e. The average Bonchev–Trinajstić information content (AvgIpc) is 3.57. The minimum atomic E-state index is -0.0580. The van der Waals surface area contributed by atoms with Gasteiger partial charge < -0.3 is 9.40 Å². The summed E-state index contributed by atoms with van der Waals surface area (Å²) in [5.74, 6) is 1.75. The van der Waals surface area contributed by atoms with Gasteiger partial charge in [0.2, 0.25) is 0 Å². The molecule has 1 atom stereocenters. The molecule has 4 aromatic rings. The zero-order chi connectivity index (χ0) is 25.1. The monoisotopic (exact) mass is 488 g/mol. The molecule has 1 N–H and O–H groups in total. The molecule has 0 bridgehead atoms. The van der Waals surface area contributed by atoms with Crippen molar-refractivity contribution in [2.45, 2.75) is 90.9 Å². The van der Waals surface area contributed by atoms with Gasteiger partial charge in [0.25, 0.3) is 5.56 Å². The summed E-state index contributed by atoms with van der Waals surface area (Å²) in [4.78, 5) is 18.6. The minimum absolute atomic E-state index is 0.0353. The molecule has 0 radical (unpaired) electrons. The average molecular weight is 489 g/mol. The van der Waals surface area contributed by atoms with Gasteiger partial charge in [0.1, 0.15) is 5.76 Å². The molecule has 8 nitrogen and oxygen atoms in total. The molecule has 3 heterocycles. The Labute approximate surface area is 211 Å². The van der Waals surface area contributed by atoms with Crippen LogP contribution in [0.1, 0.15) is 92.2 Å². The van der Waals surface area contributed by atoms with E-state index < -0.39 is 0 Å².